The van der Waals surface area contributed by atoms with E-state index in [1.165, 1.54) is 0 Å². The second kappa shape index (κ2) is 4.59. The topological polar surface area (TPSA) is 32.3 Å². The molecule has 1 aliphatic heterocycles. The van der Waals surface area contributed by atoms with Crippen LogP contribution in [0.3, 0.4) is 0 Å². The van der Waals surface area contributed by atoms with Crippen LogP contribution >= 0.6 is 12.2 Å². The predicted molar refractivity (Wildman–Crippen MR) is 81.3 cm³/mol. The first-order valence-electron chi connectivity index (χ1n) is 6.19. The third kappa shape index (κ3) is 1.77. The van der Waals surface area contributed by atoms with Gasteiger partial charge in [0.15, 0.2) is 5.82 Å². The van der Waals surface area contributed by atoms with E-state index in [1.54, 1.807) is 12.4 Å². The number of hydrogen-bond acceptors (Lipinski definition) is 4. The van der Waals surface area contributed by atoms with Gasteiger partial charge in [-0.3, -0.25) is 0 Å². The lowest BCUT2D eigenvalue weighted by Gasteiger charge is -2.22. The second-order valence-electron chi connectivity index (χ2n) is 4.33. The Morgan fingerprint density at radius 2 is 1.79 bits per heavy atom. The van der Waals surface area contributed by atoms with E-state index in [-0.39, 0.29) is 0 Å². The molecule has 2 aromatic heterocycles. The Morgan fingerprint density at radius 3 is 2.53 bits per heavy atom. The maximum absolute atomic E-state index is 5.58. The van der Waals surface area contributed by atoms with Gasteiger partial charge in [-0.15, -0.1) is 0 Å². The molecule has 0 aromatic carbocycles. The van der Waals surface area contributed by atoms with Gasteiger partial charge in [-0.05, 0) is 31.2 Å². The van der Waals surface area contributed by atoms with Gasteiger partial charge in [-0.2, -0.15) is 0 Å². The standard InChI is InChI=1S/C14H14N4S/c1-3-18-12-10(6-4-8-15-12)14(19)17(2)11-7-5-9-16-13(11)18/h4-9H,3H2,1-2H3. The predicted octanol–water partition coefficient (Wildman–Crippen LogP) is 2.76. The van der Waals surface area contributed by atoms with Crippen molar-refractivity contribution in [3.8, 4) is 0 Å². The first-order chi connectivity index (χ1) is 9.24. The minimum Gasteiger partial charge on any atom is -0.332 e. The van der Waals surface area contributed by atoms with Crippen LogP contribution in [-0.2, 0) is 0 Å². The molecule has 2 aromatic rings. The van der Waals surface area contributed by atoms with Crippen LogP contribution < -0.4 is 9.80 Å². The summed E-state index contributed by atoms with van der Waals surface area (Å²) in [4.78, 5) is 13.9. The van der Waals surface area contributed by atoms with E-state index in [0.717, 1.165) is 34.4 Å². The molecular formula is C14H14N4S. The summed E-state index contributed by atoms with van der Waals surface area (Å²) in [5, 5.41) is 0. The third-order valence-electron chi connectivity index (χ3n) is 3.28. The average molecular weight is 270 g/mol. The Balaban J connectivity index is 2.31. The van der Waals surface area contributed by atoms with Crippen molar-refractivity contribution in [3.63, 3.8) is 0 Å². The molecule has 0 bridgehead atoms. The molecule has 0 saturated carbocycles. The van der Waals surface area contributed by atoms with E-state index in [1.807, 2.05) is 36.2 Å². The first-order valence-corrected chi connectivity index (χ1v) is 6.60. The quantitative estimate of drug-likeness (QED) is 0.744. The maximum atomic E-state index is 5.58. The van der Waals surface area contributed by atoms with Crippen molar-refractivity contribution in [1.82, 2.24) is 9.97 Å². The van der Waals surface area contributed by atoms with Gasteiger partial charge in [0, 0.05) is 26.0 Å². The summed E-state index contributed by atoms with van der Waals surface area (Å²) in [5.41, 5.74) is 1.98. The van der Waals surface area contributed by atoms with Crippen LogP contribution in [0, 0.1) is 0 Å². The van der Waals surface area contributed by atoms with Gasteiger partial charge in [0.2, 0.25) is 0 Å². The average Bonchev–Trinajstić information content (AvgIpc) is 2.55. The van der Waals surface area contributed by atoms with Gasteiger partial charge in [0.1, 0.15) is 10.8 Å². The monoisotopic (exact) mass is 270 g/mol. The van der Waals surface area contributed by atoms with Crippen LogP contribution in [-0.4, -0.2) is 28.5 Å². The molecule has 0 spiro atoms. The summed E-state index contributed by atoms with van der Waals surface area (Å²) in [5.74, 6) is 1.77. The van der Waals surface area contributed by atoms with Crippen LogP contribution in [0.25, 0.3) is 0 Å². The largest absolute Gasteiger partial charge is 0.332 e. The minimum absolute atomic E-state index is 0.772. The molecule has 3 heterocycles. The highest BCUT2D eigenvalue weighted by atomic mass is 32.1. The molecule has 3 rings (SSSR count). The number of thiocarbonyl (C=S) groups is 1. The number of fused-ring (bicyclic) bond motifs is 2. The summed E-state index contributed by atoms with van der Waals surface area (Å²) < 4.78 is 0. The van der Waals surface area contributed by atoms with E-state index in [4.69, 9.17) is 12.2 Å². The highest BCUT2D eigenvalue weighted by molar-refractivity contribution is 7.81. The Bertz CT molecular complexity index is 641. The van der Waals surface area contributed by atoms with Gasteiger partial charge >= 0.3 is 0 Å². The third-order valence-corrected chi connectivity index (χ3v) is 3.77. The molecule has 0 radical (unpaired) electrons. The van der Waals surface area contributed by atoms with Crippen LogP contribution in [0.1, 0.15) is 12.5 Å². The highest BCUT2D eigenvalue weighted by Crippen LogP contribution is 2.37. The van der Waals surface area contributed by atoms with Gasteiger partial charge in [-0.1, -0.05) is 12.2 Å². The van der Waals surface area contributed by atoms with Crippen molar-refractivity contribution in [2.24, 2.45) is 0 Å². The molecule has 5 heteroatoms. The molecule has 19 heavy (non-hydrogen) atoms. The van der Waals surface area contributed by atoms with Crippen molar-refractivity contribution < 1.29 is 0 Å². The number of hydrogen-bond donors (Lipinski definition) is 0. The summed E-state index contributed by atoms with van der Waals surface area (Å²) >= 11 is 5.58. The molecule has 0 amide bonds. The van der Waals surface area contributed by atoms with Gasteiger partial charge in [0.25, 0.3) is 0 Å². The fourth-order valence-electron chi connectivity index (χ4n) is 2.33. The van der Waals surface area contributed by atoms with Gasteiger partial charge in [0.05, 0.1) is 11.3 Å². The minimum atomic E-state index is 0.772. The smallest absolute Gasteiger partial charge is 0.158 e. The van der Waals surface area contributed by atoms with Crippen LogP contribution in [0.2, 0.25) is 0 Å². The molecule has 0 unspecified atom stereocenters. The van der Waals surface area contributed by atoms with Crippen molar-refractivity contribution in [1.29, 1.82) is 0 Å². The van der Waals surface area contributed by atoms with Crippen molar-refractivity contribution in [2.75, 3.05) is 23.4 Å². The van der Waals surface area contributed by atoms with Crippen molar-refractivity contribution >= 4 is 34.5 Å². The Kier molecular flexibility index (Phi) is 2.91. The van der Waals surface area contributed by atoms with Crippen molar-refractivity contribution in [3.05, 3.63) is 42.2 Å². The number of rotatable bonds is 1. The van der Waals surface area contributed by atoms with E-state index < -0.39 is 0 Å². The zero-order valence-electron chi connectivity index (χ0n) is 10.9. The number of nitrogens with zero attached hydrogens (tertiary/aromatic N) is 4. The normalized spacial score (nSPS) is 13.9. The van der Waals surface area contributed by atoms with Gasteiger partial charge < -0.3 is 9.80 Å². The molecule has 0 fully saturated rings. The summed E-state index contributed by atoms with van der Waals surface area (Å²) in [6, 6.07) is 7.88. The SMILES string of the molecule is CCN1c2ncccc2C(=S)N(C)c2cccnc21. The van der Waals surface area contributed by atoms with Crippen molar-refractivity contribution in [2.45, 2.75) is 6.92 Å². The Labute approximate surface area is 117 Å². The van der Waals surface area contributed by atoms with E-state index in [9.17, 15) is 0 Å². The fraction of sp³-hybridized carbons (Fsp3) is 0.214. The summed E-state index contributed by atoms with van der Waals surface area (Å²) in [6.07, 6.45) is 3.59. The first kappa shape index (κ1) is 12.0. The van der Waals surface area contributed by atoms with E-state index in [0.29, 0.717) is 0 Å². The fourth-order valence-corrected chi connectivity index (χ4v) is 2.58. The zero-order valence-corrected chi connectivity index (χ0v) is 11.7. The Hall–Kier alpha value is -2.01. The molecule has 0 aliphatic carbocycles. The molecule has 0 atom stereocenters. The number of anilines is 3. The van der Waals surface area contributed by atoms with Crippen LogP contribution in [0.15, 0.2) is 36.7 Å². The summed E-state index contributed by atoms with van der Waals surface area (Å²) in [6.45, 7) is 2.88. The molecule has 4 nitrogen and oxygen atoms in total. The molecule has 96 valence electrons. The number of pyridine rings is 2. The maximum Gasteiger partial charge on any atom is 0.158 e. The highest BCUT2D eigenvalue weighted by Gasteiger charge is 2.27. The summed E-state index contributed by atoms with van der Waals surface area (Å²) in [7, 11) is 1.97. The lowest BCUT2D eigenvalue weighted by molar-refractivity contribution is 0.962. The zero-order chi connectivity index (χ0) is 13.4. The van der Waals surface area contributed by atoms with E-state index in [2.05, 4.69) is 21.8 Å². The van der Waals surface area contributed by atoms with E-state index >= 15 is 0 Å². The van der Waals surface area contributed by atoms with Crippen LogP contribution in [0.5, 0.6) is 0 Å². The van der Waals surface area contributed by atoms with Gasteiger partial charge in [-0.25, -0.2) is 9.97 Å². The Morgan fingerprint density at radius 1 is 1.11 bits per heavy atom. The lowest BCUT2D eigenvalue weighted by atomic mass is 10.2. The lowest BCUT2D eigenvalue weighted by Crippen LogP contribution is -2.24. The molecule has 1 aliphatic rings. The second-order valence-corrected chi connectivity index (χ2v) is 4.72. The molecule has 0 N–H and O–H groups in total. The number of aromatic nitrogens is 2. The molecular weight excluding hydrogens is 256 g/mol. The molecule has 0 saturated heterocycles. The van der Waals surface area contributed by atoms with Crippen LogP contribution in [0.4, 0.5) is 17.3 Å².